The topological polar surface area (TPSA) is 52.6 Å². The second kappa shape index (κ2) is 8.67. The summed E-state index contributed by atoms with van der Waals surface area (Å²) in [6, 6.07) is 7.63. The monoisotopic (exact) mass is 292 g/mol. The molecule has 0 bridgehead atoms. The lowest BCUT2D eigenvalue weighted by Crippen LogP contribution is -2.34. The first-order chi connectivity index (χ1) is 9.99. The number of anilines is 1. The fraction of sp³-hybridized carbons (Fsp3) is 0.588. The van der Waals surface area contributed by atoms with Gasteiger partial charge in [0.1, 0.15) is 0 Å². The van der Waals surface area contributed by atoms with Crippen LogP contribution in [0.5, 0.6) is 0 Å². The highest BCUT2D eigenvalue weighted by Gasteiger charge is 2.12. The van der Waals surface area contributed by atoms with E-state index < -0.39 is 6.10 Å². The zero-order valence-corrected chi connectivity index (χ0v) is 13.6. The van der Waals surface area contributed by atoms with Crippen LogP contribution in [0.15, 0.2) is 24.3 Å². The minimum absolute atomic E-state index is 0.139. The smallest absolute Gasteiger partial charge is 0.251 e. The third-order valence-corrected chi connectivity index (χ3v) is 3.61. The summed E-state index contributed by atoms with van der Waals surface area (Å²) < 4.78 is 0. The lowest BCUT2D eigenvalue weighted by Gasteiger charge is -2.22. The molecule has 1 aromatic carbocycles. The SMILES string of the molecule is CCCN(CC)c1ccc(C(=O)NCC(O)C(C)C)cc1. The number of amides is 1. The van der Waals surface area contributed by atoms with Crippen molar-refractivity contribution in [3.63, 3.8) is 0 Å². The van der Waals surface area contributed by atoms with Crippen LogP contribution in [0.2, 0.25) is 0 Å². The van der Waals surface area contributed by atoms with Gasteiger partial charge in [0.05, 0.1) is 6.10 Å². The van der Waals surface area contributed by atoms with E-state index in [1.165, 1.54) is 0 Å². The first-order valence-electron chi connectivity index (χ1n) is 7.80. The molecule has 0 heterocycles. The standard InChI is InChI=1S/C17H28N2O2/c1-5-11-19(6-2)15-9-7-14(8-10-15)17(21)18-12-16(20)13(3)4/h7-10,13,16,20H,5-6,11-12H2,1-4H3,(H,18,21). The maximum atomic E-state index is 12.0. The van der Waals surface area contributed by atoms with E-state index in [0.717, 1.165) is 25.2 Å². The van der Waals surface area contributed by atoms with Crippen molar-refractivity contribution in [1.82, 2.24) is 5.32 Å². The molecule has 1 amide bonds. The van der Waals surface area contributed by atoms with E-state index in [4.69, 9.17) is 0 Å². The molecule has 1 atom stereocenters. The Kier molecular flexibility index (Phi) is 7.23. The van der Waals surface area contributed by atoms with Gasteiger partial charge in [-0.3, -0.25) is 4.79 Å². The Bertz CT molecular complexity index is 429. The van der Waals surface area contributed by atoms with Crippen molar-refractivity contribution in [2.45, 2.75) is 40.2 Å². The first kappa shape index (κ1) is 17.5. The number of benzene rings is 1. The van der Waals surface area contributed by atoms with Crippen LogP contribution < -0.4 is 10.2 Å². The van der Waals surface area contributed by atoms with Gasteiger partial charge in [-0.2, -0.15) is 0 Å². The molecule has 1 unspecified atom stereocenters. The third kappa shape index (κ3) is 5.38. The van der Waals surface area contributed by atoms with Crippen LogP contribution in [0, 0.1) is 5.92 Å². The fourth-order valence-electron chi connectivity index (χ4n) is 2.10. The van der Waals surface area contributed by atoms with Crippen LogP contribution in [0.1, 0.15) is 44.5 Å². The van der Waals surface area contributed by atoms with Gasteiger partial charge < -0.3 is 15.3 Å². The van der Waals surface area contributed by atoms with Crippen molar-refractivity contribution in [1.29, 1.82) is 0 Å². The van der Waals surface area contributed by atoms with Crippen molar-refractivity contribution in [3.05, 3.63) is 29.8 Å². The molecule has 2 N–H and O–H groups in total. The maximum absolute atomic E-state index is 12.0. The summed E-state index contributed by atoms with van der Waals surface area (Å²) in [6.45, 7) is 10.4. The van der Waals surface area contributed by atoms with E-state index in [0.29, 0.717) is 5.56 Å². The van der Waals surface area contributed by atoms with Crippen LogP contribution in [0.25, 0.3) is 0 Å². The molecule has 1 aromatic rings. The number of carbonyl (C=O) groups is 1. The Morgan fingerprint density at radius 3 is 2.33 bits per heavy atom. The maximum Gasteiger partial charge on any atom is 0.251 e. The lowest BCUT2D eigenvalue weighted by molar-refractivity contribution is 0.0871. The average molecular weight is 292 g/mol. The molecular weight excluding hydrogens is 264 g/mol. The number of aliphatic hydroxyl groups excluding tert-OH is 1. The Labute approximate surface area is 128 Å². The quantitative estimate of drug-likeness (QED) is 0.774. The van der Waals surface area contributed by atoms with Crippen molar-refractivity contribution in [2.24, 2.45) is 5.92 Å². The van der Waals surface area contributed by atoms with Crippen LogP contribution >= 0.6 is 0 Å². The second-order valence-electron chi connectivity index (χ2n) is 5.65. The molecule has 0 saturated carbocycles. The van der Waals surface area contributed by atoms with Crippen molar-refractivity contribution < 1.29 is 9.90 Å². The molecule has 0 aromatic heterocycles. The number of hydrogen-bond acceptors (Lipinski definition) is 3. The van der Waals surface area contributed by atoms with Crippen molar-refractivity contribution in [3.8, 4) is 0 Å². The summed E-state index contributed by atoms with van der Waals surface area (Å²) in [5.74, 6) is -0.000350. The van der Waals surface area contributed by atoms with Crippen LogP contribution in [-0.2, 0) is 0 Å². The second-order valence-corrected chi connectivity index (χ2v) is 5.65. The van der Waals surface area contributed by atoms with E-state index in [2.05, 4.69) is 24.1 Å². The molecule has 4 nitrogen and oxygen atoms in total. The third-order valence-electron chi connectivity index (χ3n) is 3.61. The minimum Gasteiger partial charge on any atom is -0.391 e. The van der Waals surface area contributed by atoms with Gasteiger partial charge in [-0.1, -0.05) is 20.8 Å². The first-order valence-corrected chi connectivity index (χ1v) is 7.80. The Morgan fingerprint density at radius 2 is 1.86 bits per heavy atom. The number of nitrogens with zero attached hydrogens (tertiary/aromatic N) is 1. The lowest BCUT2D eigenvalue weighted by atomic mass is 10.1. The molecule has 21 heavy (non-hydrogen) atoms. The van der Waals surface area contributed by atoms with Gasteiger partial charge >= 0.3 is 0 Å². The Hall–Kier alpha value is -1.55. The molecule has 0 aliphatic rings. The highest BCUT2D eigenvalue weighted by atomic mass is 16.3. The molecular formula is C17H28N2O2. The van der Waals surface area contributed by atoms with E-state index in [-0.39, 0.29) is 18.4 Å². The predicted molar refractivity (Wildman–Crippen MR) is 87.8 cm³/mol. The van der Waals surface area contributed by atoms with Crippen LogP contribution in [0.4, 0.5) is 5.69 Å². The van der Waals surface area contributed by atoms with Gasteiger partial charge in [0.15, 0.2) is 0 Å². The minimum atomic E-state index is -0.506. The van der Waals surface area contributed by atoms with Crippen LogP contribution in [-0.4, -0.2) is 36.8 Å². The summed E-state index contributed by atoms with van der Waals surface area (Å²) in [6.07, 6.45) is 0.594. The molecule has 0 aliphatic carbocycles. The average Bonchev–Trinajstić information content (AvgIpc) is 2.50. The number of carbonyl (C=O) groups excluding carboxylic acids is 1. The largest absolute Gasteiger partial charge is 0.391 e. The molecule has 1 rings (SSSR count). The molecule has 118 valence electrons. The van der Waals surface area contributed by atoms with Crippen molar-refractivity contribution in [2.75, 3.05) is 24.5 Å². The molecule has 0 aliphatic heterocycles. The Balaban J connectivity index is 2.62. The van der Waals surface area contributed by atoms with E-state index in [1.54, 1.807) is 0 Å². The van der Waals surface area contributed by atoms with Gasteiger partial charge in [-0.15, -0.1) is 0 Å². The van der Waals surface area contributed by atoms with E-state index in [9.17, 15) is 9.90 Å². The molecule has 0 saturated heterocycles. The number of rotatable bonds is 8. The molecule has 0 radical (unpaired) electrons. The summed E-state index contributed by atoms with van der Waals surface area (Å²) in [7, 11) is 0. The van der Waals surface area contributed by atoms with E-state index in [1.807, 2.05) is 38.1 Å². The summed E-state index contributed by atoms with van der Waals surface area (Å²) in [4.78, 5) is 14.3. The van der Waals surface area contributed by atoms with Gasteiger partial charge in [0.2, 0.25) is 0 Å². The number of nitrogens with one attached hydrogen (secondary N) is 1. The molecule has 0 spiro atoms. The highest BCUT2D eigenvalue weighted by molar-refractivity contribution is 5.94. The van der Waals surface area contributed by atoms with E-state index >= 15 is 0 Å². The normalized spacial score (nSPS) is 12.3. The number of aliphatic hydroxyl groups is 1. The van der Waals surface area contributed by atoms with Gasteiger partial charge in [0, 0.05) is 30.9 Å². The predicted octanol–water partition coefficient (Wildman–Crippen LogP) is 2.67. The summed E-state index contributed by atoms with van der Waals surface area (Å²) in [5, 5.41) is 12.5. The summed E-state index contributed by atoms with van der Waals surface area (Å²) in [5.41, 5.74) is 1.76. The van der Waals surface area contributed by atoms with Crippen molar-refractivity contribution >= 4 is 11.6 Å². The summed E-state index contributed by atoms with van der Waals surface area (Å²) >= 11 is 0. The van der Waals surface area contributed by atoms with Gasteiger partial charge in [-0.05, 0) is 43.5 Å². The molecule has 0 fully saturated rings. The molecule has 4 heteroatoms. The highest BCUT2D eigenvalue weighted by Crippen LogP contribution is 2.15. The van der Waals surface area contributed by atoms with Gasteiger partial charge in [-0.25, -0.2) is 0 Å². The zero-order chi connectivity index (χ0) is 15.8. The Morgan fingerprint density at radius 1 is 1.24 bits per heavy atom. The van der Waals surface area contributed by atoms with Gasteiger partial charge in [0.25, 0.3) is 5.91 Å². The fourth-order valence-corrected chi connectivity index (χ4v) is 2.10. The zero-order valence-electron chi connectivity index (χ0n) is 13.6. The van der Waals surface area contributed by atoms with Crippen LogP contribution in [0.3, 0.4) is 0 Å². The number of hydrogen-bond donors (Lipinski definition) is 2.